The highest BCUT2D eigenvalue weighted by atomic mass is 16.5. The van der Waals surface area contributed by atoms with Crippen molar-refractivity contribution >= 4 is 16.6 Å². The second-order valence-corrected chi connectivity index (χ2v) is 7.98. The topological polar surface area (TPSA) is 58.2 Å². The van der Waals surface area contributed by atoms with Crippen molar-refractivity contribution in [3.05, 3.63) is 54.6 Å². The summed E-state index contributed by atoms with van der Waals surface area (Å²) in [7, 11) is 1.69. The molecule has 2 heterocycles. The van der Waals surface area contributed by atoms with Crippen LogP contribution >= 0.6 is 0 Å². The lowest BCUT2D eigenvalue weighted by Crippen LogP contribution is -2.34. The van der Waals surface area contributed by atoms with Crippen molar-refractivity contribution in [2.75, 3.05) is 45.2 Å². The van der Waals surface area contributed by atoms with E-state index in [0.717, 1.165) is 65.6 Å². The molecular weight excluding hydrogens is 372 g/mol. The van der Waals surface area contributed by atoms with Crippen molar-refractivity contribution in [1.29, 1.82) is 0 Å². The second-order valence-electron chi connectivity index (χ2n) is 7.98. The van der Waals surface area contributed by atoms with E-state index in [9.17, 15) is 0 Å². The first-order valence-corrected chi connectivity index (χ1v) is 11.0. The molecule has 1 fully saturated rings. The number of anilines is 1. The number of nitrogens with one attached hydrogen (secondary N) is 3. The minimum absolute atomic E-state index is 0.829. The number of piperidine rings is 1. The average molecular weight is 405 g/mol. The summed E-state index contributed by atoms with van der Waals surface area (Å²) in [4.78, 5) is 4.87. The zero-order valence-corrected chi connectivity index (χ0v) is 17.8. The first kappa shape index (κ1) is 20.6. The summed E-state index contributed by atoms with van der Waals surface area (Å²) in [6, 6.07) is 18.6. The van der Waals surface area contributed by atoms with Gasteiger partial charge in [-0.15, -0.1) is 0 Å². The highest BCUT2D eigenvalue weighted by molar-refractivity contribution is 5.93. The maximum Gasteiger partial charge on any atom is 0.118 e. The first-order chi connectivity index (χ1) is 14.8. The van der Waals surface area contributed by atoms with E-state index in [0.29, 0.717) is 0 Å². The smallest absolute Gasteiger partial charge is 0.118 e. The Balaban J connectivity index is 1.38. The molecule has 0 saturated carbocycles. The van der Waals surface area contributed by atoms with Gasteiger partial charge in [0, 0.05) is 23.2 Å². The number of rotatable bonds is 9. The third-order valence-electron chi connectivity index (χ3n) is 5.84. The minimum Gasteiger partial charge on any atom is -0.497 e. The van der Waals surface area contributed by atoms with Crippen molar-refractivity contribution in [2.45, 2.75) is 19.3 Å². The predicted octanol–water partition coefficient (Wildman–Crippen LogP) is 4.30. The SMILES string of the molecule is COc1ccc(-c2cc(NCCCNCC3CCNCC3)c3ccccc3n2)cc1. The molecule has 0 amide bonds. The van der Waals surface area contributed by atoms with Crippen LogP contribution in [-0.2, 0) is 0 Å². The Morgan fingerprint density at radius 1 is 1.03 bits per heavy atom. The van der Waals surface area contributed by atoms with Gasteiger partial charge >= 0.3 is 0 Å². The Morgan fingerprint density at radius 2 is 1.83 bits per heavy atom. The molecule has 0 radical (unpaired) electrons. The van der Waals surface area contributed by atoms with Crippen molar-refractivity contribution in [3.63, 3.8) is 0 Å². The molecule has 30 heavy (non-hydrogen) atoms. The Hall–Kier alpha value is -2.63. The third kappa shape index (κ3) is 5.29. The van der Waals surface area contributed by atoms with Crippen LogP contribution in [-0.4, -0.2) is 44.8 Å². The van der Waals surface area contributed by atoms with Gasteiger partial charge < -0.3 is 20.7 Å². The zero-order chi connectivity index (χ0) is 20.6. The van der Waals surface area contributed by atoms with Crippen molar-refractivity contribution in [3.8, 4) is 17.0 Å². The molecule has 0 spiro atoms. The molecule has 0 atom stereocenters. The molecule has 1 saturated heterocycles. The van der Waals surface area contributed by atoms with Crippen molar-refractivity contribution < 1.29 is 4.74 Å². The fourth-order valence-corrected chi connectivity index (χ4v) is 4.06. The second kappa shape index (κ2) is 10.4. The lowest BCUT2D eigenvalue weighted by atomic mass is 9.98. The fourth-order valence-electron chi connectivity index (χ4n) is 4.06. The molecule has 3 N–H and O–H groups in total. The highest BCUT2D eigenvalue weighted by Gasteiger charge is 2.12. The molecule has 0 aliphatic carbocycles. The Kier molecular flexibility index (Phi) is 7.16. The summed E-state index contributed by atoms with van der Waals surface area (Å²) >= 11 is 0. The number of methoxy groups -OCH3 is 1. The normalized spacial score (nSPS) is 14.7. The molecular formula is C25H32N4O. The van der Waals surface area contributed by atoms with Gasteiger partial charge in [0.2, 0.25) is 0 Å². The number of fused-ring (bicyclic) bond motifs is 1. The lowest BCUT2D eigenvalue weighted by Gasteiger charge is -2.22. The van der Waals surface area contributed by atoms with E-state index in [1.165, 1.54) is 25.9 Å². The van der Waals surface area contributed by atoms with Crippen LogP contribution in [0.3, 0.4) is 0 Å². The molecule has 5 heteroatoms. The van der Waals surface area contributed by atoms with Crippen LogP contribution in [0.4, 0.5) is 5.69 Å². The molecule has 158 valence electrons. The molecule has 1 aromatic heterocycles. The molecule has 4 rings (SSSR count). The van der Waals surface area contributed by atoms with Crippen LogP contribution in [0.2, 0.25) is 0 Å². The Bertz CT molecular complexity index is 936. The summed E-state index contributed by atoms with van der Waals surface area (Å²) in [6.07, 6.45) is 3.68. The number of ether oxygens (including phenoxy) is 1. The van der Waals surface area contributed by atoms with Crippen LogP contribution in [0.15, 0.2) is 54.6 Å². The summed E-state index contributed by atoms with van der Waals surface area (Å²) < 4.78 is 5.28. The molecule has 3 aromatic rings. The van der Waals surface area contributed by atoms with Gasteiger partial charge in [0.05, 0.1) is 18.3 Å². The average Bonchev–Trinajstić information content (AvgIpc) is 2.81. The summed E-state index contributed by atoms with van der Waals surface area (Å²) in [5, 5.41) is 11.9. The number of aromatic nitrogens is 1. The van der Waals surface area contributed by atoms with E-state index >= 15 is 0 Å². The monoisotopic (exact) mass is 404 g/mol. The van der Waals surface area contributed by atoms with Crippen molar-refractivity contribution in [2.24, 2.45) is 5.92 Å². The molecule has 2 aromatic carbocycles. The van der Waals surface area contributed by atoms with Gasteiger partial charge in [0.1, 0.15) is 5.75 Å². The first-order valence-electron chi connectivity index (χ1n) is 11.0. The number of hydrogen-bond acceptors (Lipinski definition) is 5. The number of hydrogen-bond donors (Lipinski definition) is 3. The van der Waals surface area contributed by atoms with Gasteiger partial charge in [-0.3, -0.25) is 0 Å². The van der Waals surface area contributed by atoms with E-state index in [2.05, 4.69) is 52.3 Å². The summed E-state index contributed by atoms with van der Waals surface area (Å²) in [6.45, 7) is 5.46. The lowest BCUT2D eigenvalue weighted by molar-refractivity contribution is 0.357. The maximum absolute atomic E-state index is 5.28. The van der Waals surface area contributed by atoms with E-state index in [4.69, 9.17) is 9.72 Å². The molecule has 1 aliphatic rings. The van der Waals surface area contributed by atoms with E-state index in [1.54, 1.807) is 7.11 Å². The van der Waals surface area contributed by atoms with Gasteiger partial charge in [0.15, 0.2) is 0 Å². The van der Waals surface area contributed by atoms with Gasteiger partial charge in [-0.1, -0.05) is 18.2 Å². The van der Waals surface area contributed by atoms with Crippen molar-refractivity contribution in [1.82, 2.24) is 15.6 Å². The van der Waals surface area contributed by atoms with Gasteiger partial charge in [-0.25, -0.2) is 4.98 Å². The predicted molar refractivity (Wildman–Crippen MR) is 125 cm³/mol. The van der Waals surface area contributed by atoms with Gasteiger partial charge in [0.25, 0.3) is 0 Å². The molecule has 0 unspecified atom stereocenters. The van der Waals surface area contributed by atoms with Crippen LogP contribution < -0.4 is 20.7 Å². The fraction of sp³-hybridized carbons (Fsp3) is 0.400. The van der Waals surface area contributed by atoms with E-state index in [1.807, 2.05) is 18.2 Å². The van der Waals surface area contributed by atoms with E-state index in [-0.39, 0.29) is 0 Å². The Morgan fingerprint density at radius 3 is 2.63 bits per heavy atom. The molecule has 0 bridgehead atoms. The van der Waals surface area contributed by atoms with Gasteiger partial charge in [-0.05, 0) is 87.8 Å². The third-order valence-corrected chi connectivity index (χ3v) is 5.84. The maximum atomic E-state index is 5.28. The Labute approximate surface area is 179 Å². The minimum atomic E-state index is 0.829. The quantitative estimate of drug-likeness (QED) is 0.464. The number of benzene rings is 2. The summed E-state index contributed by atoms with van der Waals surface area (Å²) in [5.74, 6) is 1.69. The van der Waals surface area contributed by atoms with Crippen LogP contribution in [0.1, 0.15) is 19.3 Å². The standard InChI is InChI=1S/C25H32N4O/c1-30-21-9-7-20(8-10-21)24-17-25(22-5-2-3-6-23(22)29-24)28-14-4-13-27-18-19-11-15-26-16-12-19/h2-3,5-10,17,19,26-27H,4,11-16,18H2,1H3,(H,28,29). The number of para-hydroxylation sites is 1. The molecule has 5 nitrogen and oxygen atoms in total. The number of nitrogens with zero attached hydrogens (tertiary/aromatic N) is 1. The van der Waals surface area contributed by atoms with Crippen LogP contribution in [0.5, 0.6) is 5.75 Å². The highest BCUT2D eigenvalue weighted by Crippen LogP contribution is 2.29. The summed E-state index contributed by atoms with van der Waals surface area (Å²) in [5.41, 5.74) is 4.22. The molecule has 1 aliphatic heterocycles. The number of pyridine rings is 1. The van der Waals surface area contributed by atoms with Gasteiger partial charge in [-0.2, -0.15) is 0 Å². The zero-order valence-electron chi connectivity index (χ0n) is 17.8. The van der Waals surface area contributed by atoms with Crippen LogP contribution in [0, 0.1) is 5.92 Å². The van der Waals surface area contributed by atoms with Crippen LogP contribution in [0.25, 0.3) is 22.2 Å². The van der Waals surface area contributed by atoms with E-state index < -0.39 is 0 Å². The largest absolute Gasteiger partial charge is 0.497 e.